The topological polar surface area (TPSA) is 88.0 Å². The zero-order valence-electron chi connectivity index (χ0n) is 17.5. The van der Waals surface area contributed by atoms with Crippen molar-refractivity contribution < 1.29 is 4.92 Å². The summed E-state index contributed by atoms with van der Waals surface area (Å²) >= 11 is 0. The Hall–Kier alpha value is -3.74. The second kappa shape index (κ2) is 9.38. The summed E-state index contributed by atoms with van der Waals surface area (Å²) in [5.41, 5.74) is 5.62. The Bertz CT molecular complexity index is 1110. The number of aryl methyl sites for hydroxylation is 1. The number of hydrogen-bond acceptors (Lipinski definition) is 5. The van der Waals surface area contributed by atoms with Gasteiger partial charge < -0.3 is 4.90 Å². The zero-order chi connectivity index (χ0) is 21.6. The normalized spacial score (nSPS) is 14.2. The van der Waals surface area contributed by atoms with Gasteiger partial charge in [0.1, 0.15) is 0 Å². The molecule has 158 valence electrons. The molecule has 0 spiro atoms. The summed E-state index contributed by atoms with van der Waals surface area (Å²) in [6.07, 6.45) is 10.7. The van der Waals surface area contributed by atoms with Crippen LogP contribution < -0.4 is 4.90 Å². The molecule has 7 nitrogen and oxygen atoms in total. The SMILES string of the molecule is Cc1ccc([N+](=O)[O-])c(N2CCC(=C/C=C/c3cccc(Cc4cc[nH]n4)c3)CC2)n1. The molecule has 0 atom stereocenters. The van der Waals surface area contributed by atoms with Crippen LogP contribution in [0, 0.1) is 17.0 Å². The number of anilines is 1. The molecule has 1 aliphatic rings. The molecule has 0 saturated carbocycles. The van der Waals surface area contributed by atoms with Crippen molar-refractivity contribution in [2.75, 3.05) is 18.0 Å². The Labute approximate surface area is 181 Å². The van der Waals surface area contributed by atoms with Crippen LogP contribution in [0.1, 0.15) is 35.4 Å². The van der Waals surface area contributed by atoms with Crippen molar-refractivity contribution in [1.82, 2.24) is 15.2 Å². The van der Waals surface area contributed by atoms with E-state index in [1.807, 2.05) is 24.1 Å². The van der Waals surface area contributed by atoms with E-state index >= 15 is 0 Å². The molecule has 0 amide bonds. The van der Waals surface area contributed by atoms with Gasteiger partial charge in [-0.15, -0.1) is 0 Å². The largest absolute Gasteiger partial charge is 0.350 e. The van der Waals surface area contributed by atoms with Crippen LogP contribution in [-0.4, -0.2) is 33.2 Å². The molecule has 2 aromatic heterocycles. The van der Waals surface area contributed by atoms with Gasteiger partial charge in [-0.25, -0.2) is 4.98 Å². The number of allylic oxidation sites excluding steroid dienone is 2. The number of H-pyrrole nitrogens is 1. The maximum absolute atomic E-state index is 11.3. The van der Waals surface area contributed by atoms with Crippen LogP contribution >= 0.6 is 0 Å². The molecule has 1 aliphatic heterocycles. The molecule has 31 heavy (non-hydrogen) atoms. The van der Waals surface area contributed by atoms with Gasteiger partial charge in [-0.1, -0.05) is 48.1 Å². The van der Waals surface area contributed by atoms with E-state index in [9.17, 15) is 10.1 Å². The summed E-state index contributed by atoms with van der Waals surface area (Å²) < 4.78 is 0. The molecule has 0 radical (unpaired) electrons. The lowest BCUT2D eigenvalue weighted by atomic mass is 10.0. The molecule has 1 saturated heterocycles. The molecule has 4 rings (SSSR count). The maximum Gasteiger partial charge on any atom is 0.311 e. The Morgan fingerprint density at radius 3 is 2.77 bits per heavy atom. The van der Waals surface area contributed by atoms with Crippen molar-refractivity contribution in [1.29, 1.82) is 0 Å². The van der Waals surface area contributed by atoms with Crippen LogP contribution in [0.15, 0.2) is 66.4 Å². The van der Waals surface area contributed by atoms with E-state index in [4.69, 9.17) is 0 Å². The van der Waals surface area contributed by atoms with E-state index in [1.165, 1.54) is 11.1 Å². The van der Waals surface area contributed by atoms with Gasteiger partial charge in [0.15, 0.2) is 0 Å². The lowest BCUT2D eigenvalue weighted by Gasteiger charge is -2.29. The molecule has 1 fully saturated rings. The lowest BCUT2D eigenvalue weighted by molar-refractivity contribution is -0.384. The molecule has 1 N–H and O–H groups in total. The molecule has 3 heterocycles. The van der Waals surface area contributed by atoms with Crippen LogP contribution in [0.3, 0.4) is 0 Å². The summed E-state index contributed by atoms with van der Waals surface area (Å²) in [6, 6.07) is 13.7. The van der Waals surface area contributed by atoms with Gasteiger partial charge in [0.05, 0.1) is 10.6 Å². The predicted molar refractivity (Wildman–Crippen MR) is 122 cm³/mol. The van der Waals surface area contributed by atoms with Crippen LogP contribution in [0.5, 0.6) is 0 Å². The number of piperidine rings is 1. The van der Waals surface area contributed by atoms with E-state index in [1.54, 1.807) is 12.1 Å². The standard InChI is InChI=1S/C24H25N5O2/c1-18-8-9-23(29(30)31)24(26-18)28-14-11-19(12-15-28)4-2-5-20-6-3-7-21(16-20)17-22-10-13-25-27-22/h2-10,13,16H,11-12,14-15,17H2,1H3,(H,25,27)/b5-2+. The van der Waals surface area contributed by atoms with Crippen molar-refractivity contribution >= 4 is 17.6 Å². The Morgan fingerprint density at radius 2 is 2.03 bits per heavy atom. The van der Waals surface area contributed by atoms with Crippen LogP contribution in [0.4, 0.5) is 11.5 Å². The fraction of sp³-hybridized carbons (Fsp3) is 0.250. The second-order valence-electron chi connectivity index (χ2n) is 7.71. The fourth-order valence-corrected chi connectivity index (χ4v) is 3.78. The third-order valence-corrected chi connectivity index (χ3v) is 5.41. The third-order valence-electron chi connectivity index (χ3n) is 5.41. The monoisotopic (exact) mass is 415 g/mol. The highest BCUT2D eigenvalue weighted by Gasteiger charge is 2.23. The van der Waals surface area contributed by atoms with E-state index in [0.29, 0.717) is 5.82 Å². The fourth-order valence-electron chi connectivity index (χ4n) is 3.78. The van der Waals surface area contributed by atoms with Gasteiger partial charge >= 0.3 is 5.69 Å². The molecular formula is C24H25N5O2. The number of nitro groups is 1. The summed E-state index contributed by atoms with van der Waals surface area (Å²) in [6.45, 7) is 3.32. The van der Waals surface area contributed by atoms with E-state index in [2.05, 4.69) is 57.7 Å². The lowest BCUT2D eigenvalue weighted by Crippen LogP contribution is -2.32. The number of rotatable bonds is 6. The summed E-state index contributed by atoms with van der Waals surface area (Å²) in [5.74, 6) is 0.480. The number of benzene rings is 1. The zero-order valence-corrected chi connectivity index (χ0v) is 17.5. The second-order valence-corrected chi connectivity index (χ2v) is 7.71. The molecule has 0 bridgehead atoms. The quantitative estimate of drug-likeness (QED) is 0.459. The molecule has 1 aromatic carbocycles. The number of pyridine rings is 1. The molecule has 3 aromatic rings. The van der Waals surface area contributed by atoms with Crippen molar-refractivity contribution in [2.24, 2.45) is 0 Å². The van der Waals surface area contributed by atoms with Crippen LogP contribution in [0.2, 0.25) is 0 Å². The maximum atomic E-state index is 11.3. The Balaban J connectivity index is 1.38. The molecule has 0 unspecified atom stereocenters. The number of hydrogen-bond donors (Lipinski definition) is 1. The minimum atomic E-state index is -0.351. The number of aromatic nitrogens is 3. The molecule has 7 heteroatoms. The first-order chi connectivity index (χ1) is 15.1. The van der Waals surface area contributed by atoms with E-state index in [0.717, 1.165) is 49.3 Å². The average Bonchev–Trinajstić information content (AvgIpc) is 3.27. The van der Waals surface area contributed by atoms with Gasteiger partial charge in [-0.3, -0.25) is 15.2 Å². The summed E-state index contributed by atoms with van der Waals surface area (Å²) in [5, 5.41) is 18.4. The average molecular weight is 415 g/mol. The van der Waals surface area contributed by atoms with Gasteiger partial charge in [0, 0.05) is 37.5 Å². The highest BCUT2D eigenvalue weighted by atomic mass is 16.6. The van der Waals surface area contributed by atoms with Crippen molar-refractivity contribution in [3.05, 3.63) is 99.0 Å². The van der Waals surface area contributed by atoms with Crippen molar-refractivity contribution in [3.8, 4) is 0 Å². The summed E-state index contributed by atoms with van der Waals surface area (Å²) in [7, 11) is 0. The van der Waals surface area contributed by atoms with Gasteiger partial charge in [-0.2, -0.15) is 5.10 Å². The molecule has 0 aliphatic carbocycles. The minimum absolute atomic E-state index is 0.0765. The smallest absolute Gasteiger partial charge is 0.311 e. The van der Waals surface area contributed by atoms with Gasteiger partial charge in [0.25, 0.3) is 0 Å². The summed E-state index contributed by atoms with van der Waals surface area (Å²) in [4.78, 5) is 17.4. The Morgan fingerprint density at radius 1 is 1.19 bits per heavy atom. The number of nitrogens with one attached hydrogen (secondary N) is 1. The van der Waals surface area contributed by atoms with Gasteiger partial charge in [0.2, 0.25) is 5.82 Å². The highest BCUT2D eigenvalue weighted by Crippen LogP contribution is 2.29. The van der Waals surface area contributed by atoms with E-state index in [-0.39, 0.29) is 10.6 Å². The van der Waals surface area contributed by atoms with Crippen LogP contribution in [-0.2, 0) is 6.42 Å². The first kappa shape index (κ1) is 20.5. The van der Waals surface area contributed by atoms with Gasteiger partial charge in [-0.05, 0) is 43.0 Å². The highest BCUT2D eigenvalue weighted by molar-refractivity contribution is 5.59. The van der Waals surface area contributed by atoms with E-state index < -0.39 is 0 Å². The van der Waals surface area contributed by atoms with Crippen LogP contribution in [0.25, 0.3) is 6.08 Å². The molecular weight excluding hydrogens is 390 g/mol. The predicted octanol–water partition coefficient (Wildman–Crippen LogP) is 4.85. The third kappa shape index (κ3) is 5.25. The van der Waals surface area contributed by atoms with Crippen molar-refractivity contribution in [3.63, 3.8) is 0 Å². The number of aromatic amines is 1. The number of nitrogens with zero attached hydrogens (tertiary/aromatic N) is 4. The first-order valence-electron chi connectivity index (χ1n) is 10.4. The Kier molecular flexibility index (Phi) is 6.21. The first-order valence-corrected chi connectivity index (χ1v) is 10.4. The minimum Gasteiger partial charge on any atom is -0.350 e. The van der Waals surface area contributed by atoms with Crippen molar-refractivity contribution in [2.45, 2.75) is 26.2 Å².